The van der Waals surface area contributed by atoms with Crippen molar-refractivity contribution in [2.45, 2.75) is 12.8 Å². The van der Waals surface area contributed by atoms with Gasteiger partial charge in [-0.05, 0) is 36.6 Å². The number of benzene rings is 1. The number of carbonyl (C=O) groups is 2. The number of fused-ring (bicyclic) bond motifs is 1. The molecule has 5 heteroatoms. The lowest BCUT2D eigenvalue weighted by molar-refractivity contribution is -0.122. The van der Waals surface area contributed by atoms with E-state index in [0.29, 0.717) is 19.8 Å². The molecular weight excluding hydrogens is 246 g/mol. The first-order valence-electron chi connectivity index (χ1n) is 6.42. The van der Waals surface area contributed by atoms with Crippen LogP contribution in [0.4, 0.5) is 5.69 Å². The Kier molecular flexibility index (Phi) is 2.98. The lowest BCUT2D eigenvalue weighted by Gasteiger charge is -2.20. The number of anilines is 1. The highest BCUT2D eigenvalue weighted by atomic mass is 16.5. The van der Waals surface area contributed by atoms with E-state index < -0.39 is 5.97 Å². The summed E-state index contributed by atoms with van der Waals surface area (Å²) < 4.78 is 5.25. The van der Waals surface area contributed by atoms with Crippen molar-refractivity contribution in [2.75, 3.05) is 24.7 Å². The normalized spacial score (nSPS) is 21.5. The zero-order chi connectivity index (χ0) is 13.4. The van der Waals surface area contributed by atoms with Crippen LogP contribution in [0.5, 0.6) is 0 Å². The molecule has 100 valence electrons. The van der Waals surface area contributed by atoms with Gasteiger partial charge in [0.2, 0.25) is 5.91 Å². The molecule has 19 heavy (non-hydrogen) atoms. The van der Waals surface area contributed by atoms with Gasteiger partial charge < -0.3 is 14.7 Å². The Bertz CT molecular complexity index is 534. The van der Waals surface area contributed by atoms with Crippen LogP contribution in [0.2, 0.25) is 0 Å². The van der Waals surface area contributed by atoms with Gasteiger partial charge in [-0.2, -0.15) is 0 Å². The van der Waals surface area contributed by atoms with Crippen molar-refractivity contribution in [2.24, 2.45) is 5.92 Å². The number of aromatic carboxylic acids is 1. The third kappa shape index (κ3) is 2.10. The average molecular weight is 261 g/mol. The molecule has 0 bridgehead atoms. The third-order valence-corrected chi connectivity index (χ3v) is 3.77. The van der Waals surface area contributed by atoms with Crippen LogP contribution in [0.3, 0.4) is 0 Å². The topological polar surface area (TPSA) is 66.8 Å². The van der Waals surface area contributed by atoms with Gasteiger partial charge in [0.1, 0.15) is 0 Å². The van der Waals surface area contributed by atoms with E-state index in [9.17, 15) is 9.59 Å². The van der Waals surface area contributed by atoms with Gasteiger partial charge in [-0.15, -0.1) is 0 Å². The second-order valence-corrected chi connectivity index (χ2v) is 4.95. The van der Waals surface area contributed by atoms with Crippen molar-refractivity contribution in [1.29, 1.82) is 0 Å². The first-order chi connectivity index (χ1) is 9.16. The monoisotopic (exact) mass is 261 g/mol. The van der Waals surface area contributed by atoms with Crippen molar-refractivity contribution < 1.29 is 19.4 Å². The van der Waals surface area contributed by atoms with Crippen LogP contribution in [0.25, 0.3) is 0 Å². The highest BCUT2D eigenvalue weighted by Crippen LogP contribution is 2.31. The Balaban J connectivity index is 1.85. The molecule has 1 fully saturated rings. The smallest absolute Gasteiger partial charge is 0.335 e. The predicted octanol–water partition coefficient (Wildman–Crippen LogP) is 1.31. The van der Waals surface area contributed by atoms with Crippen molar-refractivity contribution in [1.82, 2.24) is 0 Å². The minimum absolute atomic E-state index is 0.0508. The maximum absolute atomic E-state index is 12.4. The summed E-state index contributed by atoms with van der Waals surface area (Å²) in [6, 6.07) is 4.95. The number of nitrogens with zero attached hydrogens (tertiary/aromatic N) is 1. The summed E-state index contributed by atoms with van der Waals surface area (Å²) in [5.74, 6) is -0.888. The van der Waals surface area contributed by atoms with Crippen LogP contribution >= 0.6 is 0 Å². The second-order valence-electron chi connectivity index (χ2n) is 4.95. The Morgan fingerprint density at radius 1 is 1.37 bits per heavy atom. The molecule has 1 aromatic carbocycles. The van der Waals surface area contributed by atoms with Crippen LogP contribution in [0.15, 0.2) is 18.2 Å². The summed E-state index contributed by atoms with van der Waals surface area (Å²) in [5.41, 5.74) is 2.06. The first kappa shape index (κ1) is 12.2. The van der Waals surface area contributed by atoms with Gasteiger partial charge in [0.15, 0.2) is 0 Å². The quantitative estimate of drug-likeness (QED) is 0.871. The summed E-state index contributed by atoms with van der Waals surface area (Å²) in [6.45, 7) is 1.78. The number of hydrogen-bond donors (Lipinski definition) is 1. The van der Waals surface area contributed by atoms with Gasteiger partial charge in [-0.25, -0.2) is 4.79 Å². The molecule has 2 aliphatic rings. The molecular formula is C14H15NO4. The standard InChI is InChI=1S/C14H15NO4/c16-13(11-4-6-19-8-11)15-5-3-9-7-10(14(17)18)1-2-12(9)15/h1-2,7,11H,3-6,8H2,(H,17,18). The minimum atomic E-state index is -0.934. The van der Waals surface area contributed by atoms with Crippen LogP contribution in [-0.2, 0) is 16.0 Å². The Morgan fingerprint density at radius 2 is 2.21 bits per heavy atom. The van der Waals surface area contributed by atoms with E-state index in [4.69, 9.17) is 9.84 Å². The number of carbonyl (C=O) groups excluding carboxylic acids is 1. The van der Waals surface area contributed by atoms with E-state index >= 15 is 0 Å². The molecule has 0 radical (unpaired) electrons. The number of carboxylic acid groups (broad SMARTS) is 1. The molecule has 1 amide bonds. The molecule has 1 saturated heterocycles. The zero-order valence-corrected chi connectivity index (χ0v) is 10.5. The number of ether oxygens (including phenoxy) is 1. The summed E-state index contributed by atoms with van der Waals surface area (Å²) >= 11 is 0. The molecule has 5 nitrogen and oxygen atoms in total. The molecule has 0 saturated carbocycles. The fraction of sp³-hybridized carbons (Fsp3) is 0.429. The number of hydrogen-bond acceptors (Lipinski definition) is 3. The van der Waals surface area contributed by atoms with Gasteiger partial charge in [-0.1, -0.05) is 0 Å². The second kappa shape index (κ2) is 4.66. The van der Waals surface area contributed by atoms with Crippen LogP contribution < -0.4 is 4.90 Å². The predicted molar refractivity (Wildman–Crippen MR) is 68.4 cm³/mol. The van der Waals surface area contributed by atoms with E-state index in [2.05, 4.69) is 0 Å². The molecule has 0 spiro atoms. The van der Waals surface area contributed by atoms with Gasteiger partial charge >= 0.3 is 5.97 Å². The number of amides is 1. The van der Waals surface area contributed by atoms with Gasteiger partial charge in [0.05, 0.1) is 18.1 Å². The highest BCUT2D eigenvalue weighted by Gasteiger charge is 2.32. The van der Waals surface area contributed by atoms with Crippen molar-refractivity contribution in [3.05, 3.63) is 29.3 Å². The summed E-state index contributed by atoms with van der Waals surface area (Å²) in [4.78, 5) is 25.1. The Morgan fingerprint density at radius 3 is 2.89 bits per heavy atom. The summed E-state index contributed by atoms with van der Waals surface area (Å²) in [6.07, 6.45) is 1.49. The van der Waals surface area contributed by atoms with E-state index in [-0.39, 0.29) is 17.4 Å². The van der Waals surface area contributed by atoms with Crippen molar-refractivity contribution in [3.63, 3.8) is 0 Å². The number of carboxylic acids is 1. The summed E-state index contributed by atoms with van der Waals surface area (Å²) in [7, 11) is 0. The molecule has 0 aliphatic carbocycles. The largest absolute Gasteiger partial charge is 0.478 e. The SMILES string of the molecule is O=C(O)c1ccc2c(c1)CCN2C(=O)C1CCOC1. The van der Waals surface area contributed by atoms with Crippen molar-refractivity contribution in [3.8, 4) is 0 Å². The third-order valence-electron chi connectivity index (χ3n) is 3.77. The highest BCUT2D eigenvalue weighted by molar-refractivity contribution is 5.98. The zero-order valence-electron chi connectivity index (χ0n) is 10.5. The van der Waals surface area contributed by atoms with Crippen molar-refractivity contribution >= 4 is 17.6 Å². The van der Waals surface area contributed by atoms with E-state index in [1.807, 2.05) is 0 Å². The molecule has 1 aromatic rings. The first-order valence-corrected chi connectivity index (χ1v) is 6.42. The molecule has 1 atom stereocenters. The van der Waals surface area contributed by atoms with Crippen LogP contribution in [0.1, 0.15) is 22.3 Å². The molecule has 2 heterocycles. The molecule has 3 rings (SSSR count). The minimum Gasteiger partial charge on any atom is -0.478 e. The van der Waals surface area contributed by atoms with Crippen LogP contribution in [0, 0.1) is 5.92 Å². The average Bonchev–Trinajstić information content (AvgIpc) is 3.06. The van der Waals surface area contributed by atoms with E-state index in [1.165, 1.54) is 0 Å². The molecule has 2 aliphatic heterocycles. The fourth-order valence-corrected chi connectivity index (χ4v) is 2.71. The lowest BCUT2D eigenvalue weighted by atomic mass is 10.1. The van der Waals surface area contributed by atoms with Crippen LogP contribution in [-0.4, -0.2) is 36.7 Å². The molecule has 1 unspecified atom stereocenters. The molecule has 1 N–H and O–H groups in total. The van der Waals surface area contributed by atoms with Gasteiger partial charge in [0.25, 0.3) is 0 Å². The molecule has 0 aromatic heterocycles. The maximum Gasteiger partial charge on any atom is 0.335 e. The van der Waals surface area contributed by atoms with Gasteiger partial charge in [0, 0.05) is 18.8 Å². The Hall–Kier alpha value is -1.88. The maximum atomic E-state index is 12.4. The van der Waals surface area contributed by atoms with E-state index in [0.717, 1.165) is 24.1 Å². The fourth-order valence-electron chi connectivity index (χ4n) is 2.71. The van der Waals surface area contributed by atoms with Gasteiger partial charge in [-0.3, -0.25) is 4.79 Å². The van der Waals surface area contributed by atoms with E-state index in [1.54, 1.807) is 23.1 Å². The lowest BCUT2D eigenvalue weighted by Crippen LogP contribution is -2.35. The Labute approximate surface area is 110 Å². The summed E-state index contributed by atoms with van der Waals surface area (Å²) in [5, 5.41) is 8.97. The number of rotatable bonds is 2.